The molecular weight excluding hydrogens is 595 g/mol. The van der Waals surface area contributed by atoms with Gasteiger partial charge in [-0.2, -0.15) is 0 Å². The number of methoxy groups -OCH3 is 3. The Morgan fingerprint density at radius 1 is 0.977 bits per heavy atom. The Morgan fingerprint density at radius 3 is 2.37 bits per heavy atom. The topological polar surface area (TPSA) is 92.8 Å². The summed E-state index contributed by atoms with van der Waals surface area (Å²) in [6.45, 7) is 1.60. The minimum atomic E-state index is -5.08. The summed E-state index contributed by atoms with van der Waals surface area (Å²) in [5.41, 5.74) is 1.00. The molecule has 2 atom stereocenters. The number of rotatable bonds is 10. The molecule has 3 aromatic carbocycles. The number of amides is 1. The van der Waals surface area contributed by atoms with E-state index in [0.29, 0.717) is 17.1 Å². The van der Waals surface area contributed by atoms with E-state index in [0.717, 1.165) is 0 Å². The highest BCUT2D eigenvalue weighted by atomic mass is 35.5. The van der Waals surface area contributed by atoms with Crippen LogP contribution in [0.4, 0.5) is 18.9 Å². The van der Waals surface area contributed by atoms with E-state index in [1.807, 2.05) is 0 Å². The van der Waals surface area contributed by atoms with Crippen LogP contribution in [0.3, 0.4) is 0 Å². The Labute approximate surface area is 250 Å². The third-order valence-electron chi connectivity index (χ3n) is 6.61. The number of carbonyl (C=O) groups excluding carboxylic acids is 2. The second-order valence-electron chi connectivity index (χ2n) is 9.25. The summed E-state index contributed by atoms with van der Waals surface area (Å²) in [5, 5.41) is 0.229. The molecule has 9 nitrogen and oxygen atoms in total. The average molecular weight is 624 g/mol. The first-order chi connectivity index (χ1) is 20.5. The lowest BCUT2D eigenvalue weighted by Gasteiger charge is -2.26. The highest BCUT2D eigenvalue weighted by Gasteiger charge is 2.41. The Balaban J connectivity index is 1.93. The maximum atomic E-state index is 14.1. The highest BCUT2D eigenvalue weighted by Crippen LogP contribution is 2.47. The summed E-state index contributed by atoms with van der Waals surface area (Å²) in [5.74, 6) is -1.32. The van der Waals surface area contributed by atoms with E-state index in [4.69, 9.17) is 35.3 Å². The van der Waals surface area contributed by atoms with Crippen molar-refractivity contribution in [3.05, 3.63) is 76.3 Å². The molecule has 230 valence electrons. The lowest BCUT2D eigenvalue weighted by molar-refractivity contribution is -0.275. The molecule has 0 saturated carbocycles. The van der Waals surface area contributed by atoms with E-state index in [1.165, 1.54) is 56.6 Å². The minimum Gasteiger partial charge on any atom is -0.497 e. The van der Waals surface area contributed by atoms with Gasteiger partial charge in [-0.15, -0.1) is 13.2 Å². The number of carbonyl (C=O) groups is 2. The van der Waals surface area contributed by atoms with Gasteiger partial charge in [0.2, 0.25) is 0 Å². The highest BCUT2D eigenvalue weighted by molar-refractivity contribution is 6.30. The van der Waals surface area contributed by atoms with Gasteiger partial charge in [-0.05, 0) is 43.3 Å². The second-order valence-corrected chi connectivity index (χ2v) is 9.68. The van der Waals surface area contributed by atoms with Crippen molar-refractivity contribution in [3.63, 3.8) is 0 Å². The number of para-hydroxylation sites is 1. The predicted octanol–water partition coefficient (Wildman–Crippen LogP) is 6.24. The number of alkyl halides is 3. The number of nitrogens with zero attached hydrogens (tertiary/aromatic N) is 1. The van der Waals surface area contributed by atoms with Crippen LogP contribution < -0.4 is 23.8 Å². The molecule has 0 radical (unpaired) electrons. The summed E-state index contributed by atoms with van der Waals surface area (Å²) >= 11 is 6.37. The standard InChI is InChI=1S/C30H29ClF3NO8/c1-5-41-26(36)15-25-29(37)35(16-17-9-11-19(38-2)14-24(17)40-4)22-12-10-18(31)13-21(22)27(42-25)20-7-6-8-23(39-3)28(20)43-30(32,33)34/h6-14,25,27H,5,15-16H2,1-4H3. The number of hydrogen-bond acceptors (Lipinski definition) is 8. The molecule has 0 N–H and O–H groups in total. The van der Waals surface area contributed by atoms with Gasteiger partial charge in [0.1, 0.15) is 23.7 Å². The van der Waals surface area contributed by atoms with Crippen LogP contribution in [0, 0.1) is 0 Å². The summed E-state index contributed by atoms with van der Waals surface area (Å²) < 4.78 is 72.4. The number of esters is 1. The van der Waals surface area contributed by atoms with Crippen LogP contribution in [-0.2, 0) is 25.6 Å². The summed E-state index contributed by atoms with van der Waals surface area (Å²) in [7, 11) is 4.15. The molecule has 0 spiro atoms. The maximum absolute atomic E-state index is 14.1. The first-order valence-electron chi connectivity index (χ1n) is 13.0. The zero-order valence-corrected chi connectivity index (χ0v) is 24.5. The second kappa shape index (κ2) is 13.4. The lowest BCUT2D eigenvalue weighted by Crippen LogP contribution is -2.40. The Kier molecular flexibility index (Phi) is 9.92. The monoisotopic (exact) mass is 623 g/mol. The minimum absolute atomic E-state index is 0.0468. The molecule has 4 rings (SSSR count). The van der Waals surface area contributed by atoms with Gasteiger partial charge in [0, 0.05) is 27.8 Å². The van der Waals surface area contributed by atoms with Crippen molar-refractivity contribution < 1.29 is 51.2 Å². The normalized spacial score (nSPS) is 16.7. The zero-order valence-electron chi connectivity index (χ0n) is 23.7. The van der Waals surface area contributed by atoms with Gasteiger partial charge >= 0.3 is 12.3 Å². The Morgan fingerprint density at radius 2 is 1.72 bits per heavy atom. The first kappa shape index (κ1) is 31.8. The molecule has 0 bridgehead atoms. The van der Waals surface area contributed by atoms with E-state index in [1.54, 1.807) is 31.2 Å². The number of fused-ring (bicyclic) bond motifs is 1. The molecular formula is C30H29ClF3NO8. The van der Waals surface area contributed by atoms with Crippen LogP contribution >= 0.6 is 11.6 Å². The van der Waals surface area contributed by atoms with Crippen LogP contribution in [0.15, 0.2) is 54.6 Å². The Hall–Kier alpha value is -4.16. The van der Waals surface area contributed by atoms with Gasteiger partial charge in [-0.1, -0.05) is 23.7 Å². The molecule has 1 aliphatic heterocycles. The first-order valence-corrected chi connectivity index (χ1v) is 13.4. The number of anilines is 1. The quantitative estimate of drug-likeness (QED) is 0.245. The van der Waals surface area contributed by atoms with Gasteiger partial charge in [0.05, 0.1) is 46.6 Å². The van der Waals surface area contributed by atoms with Crippen molar-refractivity contribution in [2.75, 3.05) is 32.8 Å². The fourth-order valence-electron chi connectivity index (χ4n) is 4.76. The van der Waals surface area contributed by atoms with Crippen LogP contribution in [0.5, 0.6) is 23.0 Å². The summed E-state index contributed by atoms with van der Waals surface area (Å²) in [4.78, 5) is 28.1. The molecule has 0 aromatic heterocycles. The summed E-state index contributed by atoms with van der Waals surface area (Å²) in [6, 6.07) is 13.7. The fourth-order valence-corrected chi connectivity index (χ4v) is 4.94. The molecule has 1 aliphatic rings. The van der Waals surface area contributed by atoms with E-state index < -0.39 is 42.6 Å². The van der Waals surface area contributed by atoms with Crippen molar-refractivity contribution in [2.45, 2.75) is 38.5 Å². The molecule has 0 aliphatic carbocycles. The van der Waals surface area contributed by atoms with Crippen molar-refractivity contribution in [2.24, 2.45) is 0 Å². The van der Waals surface area contributed by atoms with Crippen molar-refractivity contribution in [1.29, 1.82) is 0 Å². The van der Waals surface area contributed by atoms with Gasteiger partial charge in [-0.3, -0.25) is 9.59 Å². The molecule has 0 fully saturated rings. The fraction of sp³-hybridized carbons (Fsp3) is 0.333. The van der Waals surface area contributed by atoms with Crippen LogP contribution in [0.25, 0.3) is 0 Å². The van der Waals surface area contributed by atoms with Gasteiger partial charge in [-0.25, -0.2) is 0 Å². The van der Waals surface area contributed by atoms with E-state index in [2.05, 4.69) is 4.74 Å². The summed E-state index contributed by atoms with van der Waals surface area (Å²) in [6.07, 6.45) is -8.42. The number of benzene rings is 3. The zero-order chi connectivity index (χ0) is 31.3. The smallest absolute Gasteiger partial charge is 0.497 e. The molecule has 1 amide bonds. The molecule has 3 aromatic rings. The molecule has 0 saturated heterocycles. The number of hydrogen-bond donors (Lipinski definition) is 0. The molecule has 13 heteroatoms. The Bertz CT molecular complexity index is 1480. The molecule has 1 heterocycles. The van der Waals surface area contributed by atoms with E-state index >= 15 is 0 Å². The van der Waals surface area contributed by atoms with E-state index in [9.17, 15) is 22.8 Å². The SMILES string of the molecule is CCOC(=O)CC1OC(c2cccc(OC)c2OC(F)(F)F)c2cc(Cl)ccc2N(Cc2ccc(OC)cc2OC)C1=O. The van der Waals surface area contributed by atoms with Crippen molar-refractivity contribution in [1.82, 2.24) is 0 Å². The molecule has 43 heavy (non-hydrogen) atoms. The molecule has 2 unspecified atom stereocenters. The van der Waals surface area contributed by atoms with Crippen LogP contribution in [0.2, 0.25) is 5.02 Å². The average Bonchev–Trinajstić information content (AvgIpc) is 3.07. The third-order valence-corrected chi connectivity index (χ3v) is 6.85. The van der Waals surface area contributed by atoms with Crippen molar-refractivity contribution in [3.8, 4) is 23.0 Å². The maximum Gasteiger partial charge on any atom is 0.573 e. The lowest BCUT2D eigenvalue weighted by atomic mass is 9.97. The van der Waals surface area contributed by atoms with Crippen LogP contribution in [-0.4, -0.2) is 52.3 Å². The predicted molar refractivity (Wildman–Crippen MR) is 150 cm³/mol. The van der Waals surface area contributed by atoms with E-state index in [-0.39, 0.29) is 40.7 Å². The van der Waals surface area contributed by atoms with Crippen LogP contribution in [0.1, 0.15) is 36.1 Å². The third kappa shape index (κ3) is 7.26. The number of ether oxygens (including phenoxy) is 6. The largest absolute Gasteiger partial charge is 0.573 e. The number of halogens is 4. The van der Waals surface area contributed by atoms with Gasteiger partial charge in [0.25, 0.3) is 5.91 Å². The van der Waals surface area contributed by atoms with Gasteiger partial charge in [0.15, 0.2) is 11.5 Å². The van der Waals surface area contributed by atoms with Gasteiger partial charge < -0.3 is 33.3 Å². The van der Waals surface area contributed by atoms with Crippen molar-refractivity contribution >= 4 is 29.2 Å².